The largest absolute Gasteiger partial charge is 0.266 e. The van der Waals surface area contributed by atoms with Crippen molar-refractivity contribution >= 4 is 37.0 Å². The van der Waals surface area contributed by atoms with E-state index in [1.807, 2.05) is 0 Å². The van der Waals surface area contributed by atoms with Crippen molar-refractivity contribution in [3.63, 3.8) is 0 Å². The molecule has 0 atom stereocenters. The lowest BCUT2D eigenvalue weighted by molar-refractivity contribution is 0.610. The van der Waals surface area contributed by atoms with Crippen molar-refractivity contribution in [3.05, 3.63) is 23.6 Å². The van der Waals surface area contributed by atoms with Gasteiger partial charge in [-0.05, 0) is 0 Å². The van der Waals surface area contributed by atoms with Crippen LogP contribution in [-0.2, 0) is 9.05 Å². The molecule has 74 valence electrons. The number of nitrogens with zero attached hydrogens (tertiary/aromatic N) is 3. The van der Waals surface area contributed by atoms with E-state index in [2.05, 4.69) is 10.1 Å². The summed E-state index contributed by atoms with van der Waals surface area (Å²) < 4.78 is 23.3. The number of fused-ring (bicyclic) bond motifs is 1. The third-order valence-corrected chi connectivity index (χ3v) is 3.06. The fourth-order valence-electron chi connectivity index (χ4n) is 1.00. The molecule has 0 amide bonds. The Balaban J connectivity index is 2.83. The summed E-state index contributed by atoms with van der Waals surface area (Å²) in [5.41, 5.74) is 0.157. The van der Waals surface area contributed by atoms with Crippen LogP contribution in [0.25, 0.3) is 5.65 Å². The summed E-state index contributed by atoms with van der Waals surface area (Å²) in [5, 5.41) is 4.11. The highest BCUT2D eigenvalue weighted by Gasteiger charge is 2.17. The summed E-state index contributed by atoms with van der Waals surface area (Å²) in [4.78, 5) is 3.68. The molecular weight excluding hydrogens is 249 g/mol. The summed E-state index contributed by atoms with van der Waals surface area (Å²) in [5.74, 6) is 0. The lowest BCUT2D eigenvalue weighted by Gasteiger charge is -1.93. The van der Waals surface area contributed by atoms with Crippen molar-refractivity contribution < 1.29 is 8.42 Å². The maximum atomic E-state index is 11.0. The monoisotopic (exact) mass is 251 g/mol. The first-order valence-electron chi connectivity index (χ1n) is 3.42. The Morgan fingerprint density at radius 3 is 2.71 bits per heavy atom. The minimum Gasteiger partial charge on any atom is -0.234 e. The van der Waals surface area contributed by atoms with Crippen LogP contribution < -0.4 is 0 Å². The molecule has 8 heteroatoms. The second-order valence-corrected chi connectivity index (χ2v) is 5.46. The molecule has 0 N–H and O–H groups in total. The highest BCUT2D eigenvalue weighted by atomic mass is 35.7. The zero-order valence-corrected chi connectivity index (χ0v) is 8.88. The molecule has 2 aromatic heterocycles. The molecule has 0 saturated heterocycles. The van der Waals surface area contributed by atoms with Crippen LogP contribution in [0.15, 0.2) is 23.5 Å². The van der Waals surface area contributed by atoms with Gasteiger partial charge in [-0.15, -0.1) is 0 Å². The van der Waals surface area contributed by atoms with Gasteiger partial charge >= 0.3 is 0 Å². The van der Waals surface area contributed by atoms with Crippen LogP contribution in [0, 0.1) is 0 Å². The topological polar surface area (TPSA) is 64.3 Å². The van der Waals surface area contributed by atoms with E-state index in [4.69, 9.17) is 22.3 Å². The SMILES string of the molecule is O=S(=O)(Cl)c1cnn2cc(Cl)cnc12. The second kappa shape index (κ2) is 3.08. The van der Waals surface area contributed by atoms with Gasteiger partial charge in [-0.1, -0.05) is 11.6 Å². The fourth-order valence-corrected chi connectivity index (χ4v) is 2.01. The van der Waals surface area contributed by atoms with E-state index in [-0.39, 0.29) is 10.5 Å². The van der Waals surface area contributed by atoms with Crippen molar-refractivity contribution in [2.75, 3.05) is 0 Å². The summed E-state index contributed by atoms with van der Waals surface area (Å²) in [6, 6.07) is 0. The van der Waals surface area contributed by atoms with Crippen LogP contribution in [0.1, 0.15) is 0 Å². The Morgan fingerprint density at radius 1 is 1.36 bits per heavy atom. The molecular formula is C6H3Cl2N3O2S. The molecule has 0 aromatic carbocycles. The normalized spacial score (nSPS) is 12.1. The molecule has 2 rings (SSSR count). The summed E-state index contributed by atoms with van der Waals surface area (Å²) in [6.45, 7) is 0. The van der Waals surface area contributed by atoms with Gasteiger partial charge in [0.2, 0.25) is 0 Å². The van der Waals surface area contributed by atoms with E-state index in [0.29, 0.717) is 5.02 Å². The number of aromatic nitrogens is 3. The number of hydrogen-bond acceptors (Lipinski definition) is 4. The van der Waals surface area contributed by atoms with E-state index in [9.17, 15) is 8.42 Å². The predicted octanol–water partition coefficient (Wildman–Crippen LogP) is 1.31. The molecule has 0 unspecified atom stereocenters. The highest BCUT2D eigenvalue weighted by Crippen LogP contribution is 2.19. The third kappa shape index (κ3) is 1.56. The fraction of sp³-hybridized carbons (Fsp3) is 0. The Morgan fingerprint density at radius 2 is 2.07 bits per heavy atom. The molecule has 0 fully saturated rings. The minimum atomic E-state index is -3.82. The zero-order chi connectivity index (χ0) is 10.3. The first-order chi connectivity index (χ1) is 6.48. The van der Waals surface area contributed by atoms with Crippen LogP contribution in [0.5, 0.6) is 0 Å². The lowest BCUT2D eigenvalue weighted by Crippen LogP contribution is -1.93. The molecule has 2 heterocycles. The van der Waals surface area contributed by atoms with Gasteiger partial charge in [0, 0.05) is 16.9 Å². The smallest absolute Gasteiger partial charge is 0.234 e. The summed E-state index contributed by atoms with van der Waals surface area (Å²) in [7, 11) is 1.35. The van der Waals surface area contributed by atoms with Gasteiger partial charge < -0.3 is 0 Å². The third-order valence-electron chi connectivity index (χ3n) is 1.56. The van der Waals surface area contributed by atoms with E-state index < -0.39 is 9.05 Å². The minimum absolute atomic E-state index is 0.129. The van der Waals surface area contributed by atoms with E-state index >= 15 is 0 Å². The molecule has 0 aliphatic rings. The van der Waals surface area contributed by atoms with Crippen LogP contribution in [0.3, 0.4) is 0 Å². The number of rotatable bonds is 1. The Kier molecular flexibility index (Phi) is 2.13. The molecule has 2 aromatic rings. The average Bonchev–Trinajstić information content (AvgIpc) is 2.45. The molecule has 0 bridgehead atoms. The molecule has 14 heavy (non-hydrogen) atoms. The first kappa shape index (κ1) is 9.70. The average molecular weight is 252 g/mol. The quantitative estimate of drug-likeness (QED) is 0.718. The van der Waals surface area contributed by atoms with Gasteiger partial charge in [0.15, 0.2) is 5.65 Å². The van der Waals surface area contributed by atoms with Crippen molar-refractivity contribution in [3.8, 4) is 0 Å². The zero-order valence-electron chi connectivity index (χ0n) is 6.55. The van der Waals surface area contributed by atoms with Crippen molar-refractivity contribution in [1.82, 2.24) is 14.6 Å². The number of hydrogen-bond donors (Lipinski definition) is 0. The van der Waals surface area contributed by atoms with Gasteiger partial charge in [0.05, 0.1) is 17.4 Å². The van der Waals surface area contributed by atoms with Gasteiger partial charge in [-0.3, -0.25) is 0 Å². The molecule has 5 nitrogen and oxygen atoms in total. The summed E-state index contributed by atoms with van der Waals surface area (Å²) in [6.07, 6.45) is 3.89. The van der Waals surface area contributed by atoms with Crippen LogP contribution >= 0.6 is 22.3 Å². The maximum absolute atomic E-state index is 11.0. The van der Waals surface area contributed by atoms with Crippen molar-refractivity contribution in [2.24, 2.45) is 0 Å². The van der Waals surface area contributed by atoms with Crippen molar-refractivity contribution in [2.45, 2.75) is 4.90 Å². The van der Waals surface area contributed by atoms with E-state index in [1.165, 1.54) is 16.9 Å². The lowest BCUT2D eigenvalue weighted by atomic mass is 10.6. The molecule has 0 aliphatic carbocycles. The molecule has 0 radical (unpaired) electrons. The Hall–Kier alpha value is -0.850. The molecule has 0 aliphatic heterocycles. The predicted molar refractivity (Wildman–Crippen MR) is 51.0 cm³/mol. The van der Waals surface area contributed by atoms with Crippen LogP contribution in [0.4, 0.5) is 0 Å². The van der Waals surface area contributed by atoms with E-state index in [1.54, 1.807) is 0 Å². The van der Waals surface area contributed by atoms with E-state index in [0.717, 1.165) is 6.20 Å². The summed E-state index contributed by atoms with van der Waals surface area (Å²) >= 11 is 5.64. The Labute approximate surface area is 88.7 Å². The van der Waals surface area contributed by atoms with Gasteiger partial charge in [-0.25, -0.2) is 17.9 Å². The van der Waals surface area contributed by atoms with Gasteiger partial charge in [-0.2, -0.15) is 5.10 Å². The first-order valence-corrected chi connectivity index (χ1v) is 6.11. The van der Waals surface area contributed by atoms with Crippen LogP contribution in [-0.4, -0.2) is 23.0 Å². The van der Waals surface area contributed by atoms with Crippen LogP contribution in [0.2, 0.25) is 5.02 Å². The molecule has 0 spiro atoms. The van der Waals surface area contributed by atoms with Gasteiger partial charge in [0.25, 0.3) is 9.05 Å². The Bertz CT molecular complexity index is 592. The highest BCUT2D eigenvalue weighted by molar-refractivity contribution is 8.13. The number of halogens is 2. The standard InChI is InChI=1S/C6H3Cl2N3O2S/c7-4-1-9-6-5(14(8,12)13)2-10-11(6)3-4/h1-3H. The molecule has 0 saturated carbocycles. The van der Waals surface area contributed by atoms with Crippen molar-refractivity contribution in [1.29, 1.82) is 0 Å². The van der Waals surface area contributed by atoms with Gasteiger partial charge in [0.1, 0.15) is 4.90 Å². The maximum Gasteiger partial charge on any atom is 0.266 e. The second-order valence-electron chi connectivity index (χ2n) is 2.49.